The average molecular weight is 416 g/mol. The Balaban J connectivity index is 1.43. The molecule has 164 valence electrons. The zero-order chi connectivity index (χ0) is 21.3. The van der Waals surface area contributed by atoms with Crippen LogP contribution in [0.4, 0.5) is 0 Å². The van der Waals surface area contributed by atoms with Gasteiger partial charge < -0.3 is 25.9 Å². The molecule has 2 heterocycles. The molecular formula is C22H33N5O3. The Labute approximate surface area is 177 Å². The topological polar surface area (TPSA) is 112 Å². The maximum atomic E-state index is 11.2. The van der Waals surface area contributed by atoms with E-state index in [0.717, 1.165) is 43.5 Å². The number of hydrazine groups is 1. The van der Waals surface area contributed by atoms with Crippen LogP contribution in [-0.4, -0.2) is 53.2 Å². The summed E-state index contributed by atoms with van der Waals surface area (Å²) in [6.45, 7) is 7.80. The van der Waals surface area contributed by atoms with Crippen LogP contribution in [0.5, 0.6) is 0 Å². The quantitative estimate of drug-likeness (QED) is 0.286. The number of carboxylic acid groups (broad SMARTS) is 1. The van der Waals surface area contributed by atoms with E-state index in [9.17, 15) is 9.90 Å². The van der Waals surface area contributed by atoms with Gasteiger partial charge in [-0.1, -0.05) is 6.58 Å². The molecule has 0 spiro atoms. The molecule has 0 unspecified atom stereocenters. The van der Waals surface area contributed by atoms with E-state index in [1.807, 2.05) is 6.08 Å². The van der Waals surface area contributed by atoms with Gasteiger partial charge in [0.05, 0.1) is 30.0 Å². The summed E-state index contributed by atoms with van der Waals surface area (Å²) in [4.78, 5) is 17.7. The minimum atomic E-state index is -0.721. The van der Waals surface area contributed by atoms with Crippen molar-refractivity contribution in [1.82, 2.24) is 15.8 Å². The third-order valence-electron chi connectivity index (χ3n) is 6.73. The van der Waals surface area contributed by atoms with Crippen molar-refractivity contribution >= 4 is 12.3 Å². The summed E-state index contributed by atoms with van der Waals surface area (Å²) in [6, 6.07) is -0.00191. The minimum Gasteiger partial charge on any atom is -0.481 e. The number of aliphatic imine (C=N–C) groups is 1. The average Bonchev–Trinajstić information content (AvgIpc) is 3.30. The fraction of sp³-hybridized carbons (Fsp3) is 0.636. The second-order valence-electron chi connectivity index (χ2n) is 9.09. The highest BCUT2D eigenvalue weighted by Gasteiger charge is 2.42. The Kier molecular flexibility index (Phi) is 5.88. The first-order valence-corrected chi connectivity index (χ1v) is 10.9. The van der Waals surface area contributed by atoms with Crippen molar-refractivity contribution in [3.05, 3.63) is 35.3 Å². The van der Waals surface area contributed by atoms with Crippen molar-refractivity contribution in [3.63, 3.8) is 0 Å². The van der Waals surface area contributed by atoms with Crippen molar-refractivity contribution in [1.29, 1.82) is 0 Å². The van der Waals surface area contributed by atoms with E-state index < -0.39 is 5.97 Å². The van der Waals surface area contributed by atoms with Gasteiger partial charge in [-0.25, -0.2) is 10.4 Å². The molecule has 4 rings (SSSR count). The maximum absolute atomic E-state index is 11.2. The van der Waals surface area contributed by atoms with E-state index in [4.69, 9.17) is 10.5 Å². The summed E-state index contributed by atoms with van der Waals surface area (Å²) in [5, 5.41) is 9.23. The molecule has 0 aromatic carbocycles. The lowest BCUT2D eigenvalue weighted by atomic mass is 9.87. The summed E-state index contributed by atoms with van der Waals surface area (Å²) in [5.41, 5.74) is 15.9. The predicted molar refractivity (Wildman–Crippen MR) is 115 cm³/mol. The first-order valence-electron chi connectivity index (χ1n) is 10.9. The van der Waals surface area contributed by atoms with Gasteiger partial charge in [0.25, 0.3) is 0 Å². The number of likely N-dealkylation sites (tertiary alicyclic amines) is 1. The summed E-state index contributed by atoms with van der Waals surface area (Å²) in [5.74, 6) is -0.272. The van der Waals surface area contributed by atoms with Gasteiger partial charge in [-0.2, -0.15) is 0 Å². The Morgan fingerprint density at radius 1 is 1.37 bits per heavy atom. The van der Waals surface area contributed by atoms with Gasteiger partial charge in [0.1, 0.15) is 5.82 Å². The second kappa shape index (κ2) is 8.43. The third-order valence-corrected chi connectivity index (χ3v) is 6.73. The van der Waals surface area contributed by atoms with Crippen LogP contribution < -0.4 is 16.6 Å². The van der Waals surface area contributed by atoms with Crippen molar-refractivity contribution in [2.75, 3.05) is 13.1 Å². The van der Waals surface area contributed by atoms with Gasteiger partial charge >= 0.3 is 5.97 Å². The van der Waals surface area contributed by atoms with Crippen LogP contribution >= 0.6 is 0 Å². The standard InChI is InChI=1S/C22H33N5O3/c1-14(11-19(24-13-23)27-9-5-15(6-10-27)21(28)29)20-17-12-16(30-22(2)7-8-22)3-4-18(17)25-26-20/h11,13,15-16,20,25-26H,1,3-10,12H2,2H3,(H2,23,24)(H,28,29)/b19-11+/t16-,20-/m0/s1. The number of allylic oxidation sites excluding steroid dienone is 1. The van der Waals surface area contributed by atoms with Gasteiger partial charge in [-0.05, 0) is 69.1 Å². The van der Waals surface area contributed by atoms with Gasteiger partial charge in [-0.3, -0.25) is 4.79 Å². The number of aliphatic carboxylic acids is 1. The number of nitrogens with zero attached hydrogens (tertiary/aromatic N) is 2. The lowest BCUT2D eigenvalue weighted by Gasteiger charge is -2.32. The van der Waals surface area contributed by atoms with Crippen LogP contribution in [0.25, 0.3) is 0 Å². The fourth-order valence-corrected chi connectivity index (χ4v) is 4.62. The Morgan fingerprint density at radius 2 is 2.10 bits per heavy atom. The molecule has 0 bridgehead atoms. The molecule has 2 aliphatic carbocycles. The van der Waals surface area contributed by atoms with Gasteiger partial charge in [0, 0.05) is 18.8 Å². The lowest BCUT2D eigenvalue weighted by Crippen LogP contribution is -2.36. The van der Waals surface area contributed by atoms with E-state index >= 15 is 0 Å². The summed E-state index contributed by atoms with van der Waals surface area (Å²) in [6.07, 6.45) is 9.96. The maximum Gasteiger partial charge on any atom is 0.306 e. The van der Waals surface area contributed by atoms with Gasteiger partial charge in [0.2, 0.25) is 0 Å². The molecule has 0 amide bonds. The largest absolute Gasteiger partial charge is 0.481 e. The molecule has 2 atom stereocenters. The first-order chi connectivity index (χ1) is 14.4. The van der Waals surface area contributed by atoms with Crippen LogP contribution in [0.1, 0.15) is 51.9 Å². The minimum absolute atomic E-state index is 0.00191. The smallest absolute Gasteiger partial charge is 0.306 e. The summed E-state index contributed by atoms with van der Waals surface area (Å²) in [7, 11) is 0. The lowest BCUT2D eigenvalue weighted by molar-refractivity contribution is -0.143. The number of nitrogens with two attached hydrogens (primary N) is 1. The van der Waals surface area contributed by atoms with Crippen LogP contribution in [0.3, 0.4) is 0 Å². The van der Waals surface area contributed by atoms with Crippen molar-refractivity contribution in [3.8, 4) is 0 Å². The highest BCUT2D eigenvalue weighted by molar-refractivity contribution is 5.70. The van der Waals surface area contributed by atoms with E-state index in [0.29, 0.717) is 25.9 Å². The van der Waals surface area contributed by atoms with E-state index in [-0.39, 0.29) is 23.7 Å². The molecule has 0 aromatic heterocycles. The molecule has 2 fully saturated rings. The fourth-order valence-electron chi connectivity index (χ4n) is 4.62. The molecule has 8 nitrogen and oxygen atoms in total. The Bertz CT molecular complexity index is 791. The normalized spacial score (nSPS) is 29.1. The zero-order valence-electron chi connectivity index (χ0n) is 17.7. The Morgan fingerprint density at radius 3 is 2.73 bits per heavy atom. The summed E-state index contributed by atoms with van der Waals surface area (Å²) < 4.78 is 6.34. The molecule has 1 saturated carbocycles. The van der Waals surface area contributed by atoms with Crippen LogP contribution in [0.2, 0.25) is 0 Å². The van der Waals surface area contributed by atoms with Crippen LogP contribution in [0, 0.1) is 5.92 Å². The number of hydrogen-bond donors (Lipinski definition) is 4. The third kappa shape index (κ3) is 4.54. The van der Waals surface area contributed by atoms with E-state index in [2.05, 4.69) is 34.2 Å². The van der Waals surface area contributed by atoms with Gasteiger partial charge in [0.15, 0.2) is 0 Å². The SMILES string of the molecule is C=C(/C=C(\N=C/N)N1CCC(C(=O)O)CC1)[C@@H]1NNC2=C1C[C@@H](OC1(C)CC1)CC2. The molecule has 30 heavy (non-hydrogen) atoms. The molecule has 1 saturated heterocycles. The van der Waals surface area contributed by atoms with E-state index in [1.54, 1.807) is 0 Å². The molecule has 4 aliphatic rings. The molecule has 0 aromatic rings. The Hall–Kier alpha value is -2.32. The number of ether oxygens (including phenoxy) is 1. The number of rotatable bonds is 7. The monoisotopic (exact) mass is 415 g/mol. The molecular weight excluding hydrogens is 382 g/mol. The van der Waals surface area contributed by atoms with Gasteiger partial charge in [-0.15, -0.1) is 0 Å². The first kappa shape index (κ1) is 20.9. The number of hydrogen-bond acceptors (Lipinski definition) is 6. The number of piperidine rings is 1. The van der Waals surface area contributed by atoms with Crippen molar-refractivity contribution in [2.45, 2.75) is 69.6 Å². The number of nitrogens with one attached hydrogen (secondary N) is 2. The molecule has 5 N–H and O–H groups in total. The van der Waals surface area contributed by atoms with Crippen molar-refractivity contribution < 1.29 is 14.6 Å². The zero-order valence-corrected chi connectivity index (χ0v) is 17.7. The molecule has 0 radical (unpaired) electrons. The molecule has 8 heteroatoms. The van der Waals surface area contributed by atoms with Crippen LogP contribution in [-0.2, 0) is 9.53 Å². The van der Waals surface area contributed by atoms with Crippen molar-refractivity contribution in [2.24, 2.45) is 16.6 Å². The van der Waals surface area contributed by atoms with E-state index in [1.165, 1.54) is 17.6 Å². The second-order valence-corrected chi connectivity index (χ2v) is 9.09. The van der Waals surface area contributed by atoms with Crippen LogP contribution in [0.15, 0.2) is 40.3 Å². The summed E-state index contributed by atoms with van der Waals surface area (Å²) >= 11 is 0. The molecule has 2 aliphatic heterocycles. The highest BCUT2D eigenvalue weighted by Crippen LogP contribution is 2.43. The number of carbonyl (C=O) groups is 1. The highest BCUT2D eigenvalue weighted by atomic mass is 16.5. The number of carboxylic acids is 1. The predicted octanol–water partition coefficient (Wildman–Crippen LogP) is 2.02.